The van der Waals surface area contributed by atoms with Gasteiger partial charge in [0.15, 0.2) is 0 Å². The Morgan fingerprint density at radius 2 is 1.61 bits per heavy atom. The van der Waals surface area contributed by atoms with Crippen molar-refractivity contribution in [2.45, 2.75) is 45.8 Å². The number of methoxy groups -OCH3 is 1. The van der Waals surface area contributed by atoms with Gasteiger partial charge in [-0.1, -0.05) is 0 Å². The molecule has 1 aromatic carbocycles. The zero-order valence-electron chi connectivity index (χ0n) is 14.3. The van der Waals surface area contributed by atoms with E-state index in [0.29, 0.717) is 5.46 Å². The van der Waals surface area contributed by atoms with Crippen molar-refractivity contribution in [3.63, 3.8) is 0 Å². The normalized spacial score (nSPS) is 18.6. The van der Waals surface area contributed by atoms with Crippen LogP contribution in [-0.4, -0.2) is 37.4 Å². The summed E-state index contributed by atoms with van der Waals surface area (Å²) in [5, 5.41) is 0. The Bertz CT molecular complexity index is 621. The molecule has 1 aromatic rings. The first-order chi connectivity index (χ1) is 10.6. The van der Waals surface area contributed by atoms with Gasteiger partial charge in [0.1, 0.15) is 5.75 Å². The van der Waals surface area contributed by atoms with Crippen molar-refractivity contribution in [2.24, 2.45) is 0 Å². The maximum absolute atomic E-state index is 11.8. The summed E-state index contributed by atoms with van der Waals surface area (Å²) in [5.74, 6) is -0.770. The van der Waals surface area contributed by atoms with Gasteiger partial charge in [0.05, 0.1) is 23.9 Å². The number of benzene rings is 1. The van der Waals surface area contributed by atoms with Gasteiger partial charge in [-0.25, -0.2) is 4.79 Å². The first-order valence-corrected chi connectivity index (χ1v) is 7.33. The number of carbonyl (C=O) groups is 2. The average Bonchev–Trinajstić information content (AvgIpc) is 2.65. The smallest absolute Gasteiger partial charge is 0.465 e. The minimum atomic E-state index is -0.668. The van der Waals surface area contributed by atoms with Crippen LogP contribution >= 0.6 is 0 Å². The van der Waals surface area contributed by atoms with Crippen LogP contribution in [-0.2, 0) is 18.8 Å². The van der Waals surface area contributed by atoms with E-state index in [1.807, 2.05) is 27.7 Å². The molecule has 124 valence electrons. The molecule has 1 fully saturated rings. The molecule has 0 spiro atoms. The molecule has 0 unspecified atom stereocenters. The van der Waals surface area contributed by atoms with Crippen molar-refractivity contribution in [3.05, 3.63) is 23.8 Å². The molecule has 1 heterocycles. The fourth-order valence-electron chi connectivity index (χ4n) is 2.20. The van der Waals surface area contributed by atoms with Crippen molar-refractivity contribution in [2.75, 3.05) is 7.11 Å². The summed E-state index contributed by atoms with van der Waals surface area (Å²) in [6.07, 6.45) is 0. The van der Waals surface area contributed by atoms with Crippen LogP contribution in [0.3, 0.4) is 0 Å². The maximum atomic E-state index is 11.8. The van der Waals surface area contributed by atoms with Crippen molar-refractivity contribution in [1.82, 2.24) is 0 Å². The van der Waals surface area contributed by atoms with E-state index >= 15 is 0 Å². The van der Waals surface area contributed by atoms with E-state index in [1.165, 1.54) is 20.1 Å². The molecule has 0 amide bonds. The minimum Gasteiger partial charge on any atom is -0.465 e. The standard InChI is InChI=1S/C16H21BO6/c1-10(18)21-13-8-11(14(19)20-6)7-12(9-13)17-22-15(2,3)16(4,5)23-17/h7-9H,1-6H3. The number of hydrogen-bond acceptors (Lipinski definition) is 6. The predicted octanol–water partition coefficient (Wildman–Crippen LogP) is 1.70. The molecule has 0 aliphatic carbocycles. The van der Waals surface area contributed by atoms with Crippen molar-refractivity contribution < 1.29 is 28.4 Å². The van der Waals surface area contributed by atoms with Gasteiger partial charge in [-0.15, -0.1) is 0 Å². The predicted molar refractivity (Wildman–Crippen MR) is 84.8 cm³/mol. The Labute approximate surface area is 136 Å². The summed E-state index contributed by atoms with van der Waals surface area (Å²) in [6.45, 7) is 9.03. The van der Waals surface area contributed by atoms with Gasteiger partial charge in [-0.3, -0.25) is 4.79 Å². The molecule has 23 heavy (non-hydrogen) atoms. The molecule has 2 rings (SSSR count). The number of rotatable bonds is 3. The SMILES string of the molecule is COC(=O)c1cc(OC(C)=O)cc(B2OC(C)(C)C(C)(C)O2)c1. The van der Waals surface area contributed by atoms with Gasteiger partial charge in [0.2, 0.25) is 0 Å². The second-order valence-corrected chi connectivity index (χ2v) is 6.46. The molecule has 0 atom stereocenters. The van der Waals surface area contributed by atoms with E-state index in [4.69, 9.17) is 18.8 Å². The monoisotopic (exact) mass is 320 g/mol. The van der Waals surface area contributed by atoms with Crippen molar-refractivity contribution in [3.8, 4) is 5.75 Å². The number of esters is 2. The van der Waals surface area contributed by atoms with Crippen molar-refractivity contribution in [1.29, 1.82) is 0 Å². The summed E-state index contributed by atoms with van der Waals surface area (Å²) < 4.78 is 21.8. The Morgan fingerprint density at radius 3 is 2.09 bits per heavy atom. The molecule has 0 saturated carbocycles. The Balaban J connectivity index is 2.42. The third-order valence-electron chi connectivity index (χ3n) is 4.14. The van der Waals surface area contributed by atoms with Gasteiger partial charge in [0.25, 0.3) is 0 Å². The van der Waals surface area contributed by atoms with Crippen LogP contribution in [0.4, 0.5) is 0 Å². The molecule has 0 N–H and O–H groups in total. The first kappa shape index (κ1) is 17.5. The third-order valence-corrected chi connectivity index (χ3v) is 4.14. The fraction of sp³-hybridized carbons (Fsp3) is 0.500. The second kappa shape index (κ2) is 5.98. The van der Waals surface area contributed by atoms with Crippen LogP contribution in [0.5, 0.6) is 5.75 Å². The number of hydrogen-bond donors (Lipinski definition) is 0. The Hall–Kier alpha value is -1.86. The van der Waals surface area contributed by atoms with E-state index in [2.05, 4.69) is 0 Å². The molecule has 0 aromatic heterocycles. The molecule has 1 aliphatic heterocycles. The van der Waals surface area contributed by atoms with Crippen LogP contribution in [0.2, 0.25) is 0 Å². The molecule has 7 heteroatoms. The van der Waals surface area contributed by atoms with Crippen LogP contribution in [0.15, 0.2) is 18.2 Å². The number of ether oxygens (including phenoxy) is 2. The van der Waals surface area contributed by atoms with Crippen LogP contribution < -0.4 is 10.2 Å². The highest BCUT2D eigenvalue weighted by Gasteiger charge is 2.51. The third kappa shape index (κ3) is 3.56. The highest BCUT2D eigenvalue weighted by molar-refractivity contribution is 6.62. The lowest BCUT2D eigenvalue weighted by Crippen LogP contribution is -2.41. The molecule has 1 aliphatic rings. The summed E-state index contributed by atoms with van der Waals surface area (Å²) in [5.41, 5.74) is -0.181. The lowest BCUT2D eigenvalue weighted by Gasteiger charge is -2.32. The average molecular weight is 320 g/mol. The van der Waals surface area contributed by atoms with Crippen LogP contribution in [0.25, 0.3) is 0 Å². The lowest BCUT2D eigenvalue weighted by molar-refractivity contribution is -0.131. The zero-order valence-corrected chi connectivity index (χ0v) is 14.3. The zero-order chi connectivity index (χ0) is 17.4. The van der Waals surface area contributed by atoms with E-state index in [1.54, 1.807) is 12.1 Å². The molecule has 0 radical (unpaired) electrons. The molecular formula is C16H21BO6. The van der Waals surface area contributed by atoms with Crippen LogP contribution in [0, 0.1) is 0 Å². The van der Waals surface area contributed by atoms with Gasteiger partial charge < -0.3 is 18.8 Å². The second-order valence-electron chi connectivity index (χ2n) is 6.46. The first-order valence-electron chi connectivity index (χ1n) is 7.33. The lowest BCUT2D eigenvalue weighted by atomic mass is 9.78. The number of carbonyl (C=O) groups excluding carboxylic acids is 2. The molecule has 6 nitrogen and oxygen atoms in total. The van der Waals surface area contributed by atoms with Gasteiger partial charge >= 0.3 is 19.1 Å². The Morgan fingerprint density at radius 1 is 1.04 bits per heavy atom. The molecule has 1 saturated heterocycles. The van der Waals surface area contributed by atoms with E-state index in [0.717, 1.165) is 0 Å². The molecule has 0 bridgehead atoms. The maximum Gasteiger partial charge on any atom is 0.494 e. The highest BCUT2D eigenvalue weighted by Crippen LogP contribution is 2.36. The van der Waals surface area contributed by atoms with E-state index in [9.17, 15) is 9.59 Å². The highest BCUT2D eigenvalue weighted by atomic mass is 16.7. The van der Waals surface area contributed by atoms with Crippen molar-refractivity contribution >= 4 is 24.5 Å². The van der Waals surface area contributed by atoms with Gasteiger partial charge in [-0.05, 0) is 51.4 Å². The van der Waals surface area contributed by atoms with E-state index < -0.39 is 30.3 Å². The van der Waals surface area contributed by atoms with Gasteiger partial charge in [0, 0.05) is 6.92 Å². The minimum absolute atomic E-state index is 0.241. The quantitative estimate of drug-likeness (QED) is 0.479. The summed E-state index contributed by atoms with van der Waals surface area (Å²) in [7, 11) is 0.619. The summed E-state index contributed by atoms with van der Waals surface area (Å²) >= 11 is 0. The fourth-order valence-corrected chi connectivity index (χ4v) is 2.20. The van der Waals surface area contributed by atoms with E-state index in [-0.39, 0.29) is 11.3 Å². The molecular weight excluding hydrogens is 299 g/mol. The summed E-state index contributed by atoms with van der Waals surface area (Å²) in [6, 6.07) is 4.68. The topological polar surface area (TPSA) is 71.1 Å². The van der Waals surface area contributed by atoms with Crippen LogP contribution in [0.1, 0.15) is 45.0 Å². The van der Waals surface area contributed by atoms with Gasteiger partial charge in [-0.2, -0.15) is 0 Å². The Kier molecular flexibility index (Phi) is 4.55. The largest absolute Gasteiger partial charge is 0.494 e. The summed E-state index contributed by atoms with van der Waals surface area (Å²) in [4.78, 5) is 23.0.